The maximum Gasteiger partial charge on any atom is 0.216 e. The van der Waals surface area contributed by atoms with Gasteiger partial charge in [-0.05, 0) is 30.0 Å². The SMILES string of the molecule is CC(C)c1ccc(CNS(=O)(=O)C2CCNC2)cc1. The molecule has 1 atom stereocenters. The van der Waals surface area contributed by atoms with E-state index in [1.165, 1.54) is 5.56 Å². The van der Waals surface area contributed by atoms with Gasteiger partial charge in [-0.15, -0.1) is 0 Å². The predicted molar refractivity (Wildman–Crippen MR) is 77.6 cm³/mol. The van der Waals surface area contributed by atoms with Crippen LogP contribution in [0.25, 0.3) is 0 Å². The summed E-state index contributed by atoms with van der Waals surface area (Å²) in [6.45, 7) is 6.00. The van der Waals surface area contributed by atoms with Gasteiger partial charge in [-0.1, -0.05) is 38.1 Å². The molecule has 0 radical (unpaired) electrons. The second kappa shape index (κ2) is 6.03. The summed E-state index contributed by atoms with van der Waals surface area (Å²) in [7, 11) is -3.20. The Morgan fingerprint density at radius 3 is 2.53 bits per heavy atom. The van der Waals surface area contributed by atoms with Gasteiger partial charge >= 0.3 is 0 Å². The molecular formula is C14H22N2O2S. The Bertz CT molecular complexity index is 503. The Kier molecular flexibility index (Phi) is 4.60. The highest BCUT2D eigenvalue weighted by Gasteiger charge is 2.27. The third kappa shape index (κ3) is 3.78. The van der Waals surface area contributed by atoms with Crippen LogP contribution in [0.15, 0.2) is 24.3 Å². The molecule has 4 nitrogen and oxygen atoms in total. The first-order valence-electron chi connectivity index (χ1n) is 6.77. The normalized spacial score (nSPS) is 20.1. The van der Waals surface area contributed by atoms with E-state index in [0.717, 1.165) is 12.1 Å². The van der Waals surface area contributed by atoms with E-state index < -0.39 is 10.0 Å². The fourth-order valence-electron chi connectivity index (χ4n) is 2.22. The first kappa shape index (κ1) is 14.5. The molecule has 1 fully saturated rings. The largest absolute Gasteiger partial charge is 0.315 e. The van der Waals surface area contributed by atoms with Crippen LogP contribution in [0.1, 0.15) is 37.3 Å². The minimum Gasteiger partial charge on any atom is -0.315 e. The van der Waals surface area contributed by atoms with Gasteiger partial charge < -0.3 is 5.32 Å². The van der Waals surface area contributed by atoms with Crippen molar-refractivity contribution in [1.29, 1.82) is 0 Å². The molecule has 1 aromatic rings. The zero-order chi connectivity index (χ0) is 13.9. The molecule has 0 saturated carbocycles. The molecule has 2 rings (SSSR count). The summed E-state index contributed by atoms with van der Waals surface area (Å²) in [4.78, 5) is 0. The van der Waals surface area contributed by atoms with Crippen molar-refractivity contribution in [1.82, 2.24) is 10.0 Å². The summed E-state index contributed by atoms with van der Waals surface area (Å²) in [6, 6.07) is 8.10. The standard InChI is InChI=1S/C14H22N2O2S/c1-11(2)13-5-3-12(4-6-13)9-16-19(17,18)14-7-8-15-10-14/h3-6,11,14-16H,7-10H2,1-2H3. The van der Waals surface area contributed by atoms with E-state index in [9.17, 15) is 8.42 Å². The highest BCUT2D eigenvalue weighted by atomic mass is 32.2. The molecule has 0 spiro atoms. The molecule has 5 heteroatoms. The van der Waals surface area contributed by atoms with Crippen molar-refractivity contribution in [3.05, 3.63) is 35.4 Å². The molecule has 1 aliphatic rings. The van der Waals surface area contributed by atoms with Gasteiger partial charge in [-0.25, -0.2) is 13.1 Å². The van der Waals surface area contributed by atoms with Crippen LogP contribution in [-0.2, 0) is 16.6 Å². The van der Waals surface area contributed by atoms with E-state index in [0.29, 0.717) is 25.4 Å². The van der Waals surface area contributed by atoms with Crippen molar-refractivity contribution in [2.75, 3.05) is 13.1 Å². The molecular weight excluding hydrogens is 260 g/mol. The molecule has 1 aliphatic heterocycles. The van der Waals surface area contributed by atoms with Crippen LogP contribution in [0.5, 0.6) is 0 Å². The lowest BCUT2D eigenvalue weighted by atomic mass is 10.0. The van der Waals surface area contributed by atoms with Crippen molar-refractivity contribution >= 4 is 10.0 Å². The third-order valence-electron chi connectivity index (χ3n) is 3.58. The smallest absolute Gasteiger partial charge is 0.216 e. The highest BCUT2D eigenvalue weighted by Crippen LogP contribution is 2.15. The molecule has 19 heavy (non-hydrogen) atoms. The van der Waals surface area contributed by atoms with Crippen LogP contribution < -0.4 is 10.0 Å². The lowest BCUT2D eigenvalue weighted by molar-refractivity contribution is 0.567. The Hall–Kier alpha value is -0.910. The number of rotatable bonds is 5. The first-order valence-corrected chi connectivity index (χ1v) is 8.31. The predicted octanol–water partition coefficient (Wildman–Crippen LogP) is 1.59. The van der Waals surface area contributed by atoms with Crippen molar-refractivity contribution in [2.24, 2.45) is 0 Å². The maximum atomic E-state index is 12.0. The molecule has 0 amide bonds. The molecule has 2 N–H and O–H groups in total. The molecule has 1 aromatic carbocycles. The van der Waals surface area contributed by atoms with E-state index >= 15 is 0 Å². The van der Waals surface area contributed by atoms with Gasteiger partial charge in [0.15, 0.2) is 0 Å². The van der Waals surface area contributed by atoms with Crippen molar-refractivity contribution in [3.8, 4) is 0 Å². The van der Waals surface area contributed by atoms with Gasteiger partial charge in [0, 0.05) is 13.1 Å². The zero-order valence-corrected chi connectivity index (χ0v) is 12.3. The molecule has 1 heterocycles. The van der Waals surface area contributed by atoms with Gasteiger partial charge in [-0.3, -0.25) is 0 Å². The van der Waals surface area contributed by atoms with Gasteiger partial charge in [0.1, 0.15) is 0 Å². The van der Waals surface area contributed by atoms with E-state index in [1.807, 2.05) is 12.1 Å². The minimum atomic E-state index is -3.20. The molecule has 0 aliphatic carbocycles. The van der Waals surface area contributed by atoms with Crippen molar-refractivity contribution < 1.29 is 8.42 Å². The molecule has 0 bridgehead atoms. The minimum absolute atomic E-state index is 0.289. The molecule has 1 unspecified atom stereocenters. The number of benzene rings is 1. The summed E-state index contributed by atoms with van der Waals surface area (Å²) < 4.78 is 26.8. The monoisotopic (exact) mass is 282 g/mol. The van der Waals surface area contributed by atoms with Crippen LogP contribution in [0.4, 0.5) is 0 Å². The summed E-state index contributed by atoms with van der Waals surface area (Å²) in [6.07, 6.45) is 0.696. The Labute approximate surface area is 115 Å². The second-order valence-electron chi connectivity index (χ2n) is 5.38. The quantitative estimate of drug-likeness (QED) is 0.862. The van der Waals surface area contributed by atoms with Crippen LogP contribution in [0.2, 0.25) is 0 Å². The number of nitrogens with one attached hydrogen (secondary N) is 2. The van der Waals surface area contributed by atoms with E-state index in [4.69, 9.17) is 0 Å². The van der Waals surface area contributed by atoms with Gasteiger partial charge in [0.25, 0.3) is 0 Å². The summed E-state index contributed by atoms with van der Waals surface area (Å²) in [5.74, 6) is 0.496. The summed E-state index contributed by atoms with van der Waals surface area (Å²) >= 11 is 0. The molecule has 1 saturated heterocycles. The van der Waals surface area contributed by atoms with E-state index in [1.54, 1.807) is 0 Å². The van der Waals surface area contributed by atoms with Crippen LogP contribution >= 0.6 is 0 Å². The lowest BCUT2D eigenvalue weighted by Crippen LogP contribution is -2.35. The van der Waals surface area contributed by atoms with E-state index in [-0.39, 0.29) is 5.25 Å². The Balaban J connectivity index is 1.94. The van der Waals surface area contributed by atoms with Crippen LogP contribution in [0, 0.1) is 0 Å². The number of hydrogen-bond donors (Lipinski definition) is 2. The summed E-state index contributed by atoms with van der Waals surface area (Å²) in [5.41, 5.74) is 2.27. The zero-order valence-electron chi connectivity index (χ0n) is 11.5. The second-order valence-corrected chi connectivity index (χ2v) is 7.42. The third-order valence-corrected chi connectivity index (χ3v) is 5.40. The Morgan fingerprint density at radius 2 is 2.00 bits per heavy atom. The molecule has 0 aromatic heterocycles. The average Bonchev–Trinajstić information content (AvgIpc) is 2.91. The first-order chi connectivity index (χ1) is 8.99. The van der Waals surface area contributed by atoms with Crippen molar-refractivity contribution in [2.45, 2.75) is 38.0 Å². The van der Waals surface area contributed by atoms with Crippen LogP contribution in [-0.4, -0.2) is 26.8 Å². The summed E-state index contributed by atoms with van der Waals surface area (Å²) in [5, 5.41) is 2.79. The molecule has 106 valence electrons. The maximum absolute atomic E-state index is 12.0. The lowest BCUT2D eigenvalue weighted by Gasteiger charge is -2.12. The van der Waals surface area contributed by atoms with E-state index in [2.05, 4.69) is 36.0 Å². The van der Waals surface area contributed by atoms with Gasteiger partial charge in [0.05, 0.1) is 5.25 Å². The highest BCUT2D eigenvalue weighted by molar-refractivity contribution is 7.90. The van der Waals surface area contributed by atoms with Crippen LogP contribution in [0.3, 0.4) is 0 Å². The fourth-order valence-corrected chi connectivity index (χ4v) is 3.58. The topological polar surface area (TPSA) is 58.2 Å². The van der Waals surface area contributed by atoms with Gasteiger partial charge in [0.2, 0.25) is 10.0 Å². The Morgan fingerprint density at radius 1 is 1.32 bits per heavy atom. The number of sulfonamides is 1. The van der Waals surface area contributed by atoms with Gasteiger partial charge in [-0.2, -0.15) is 0 Å². The van der Waals surface area contributed by atoms with Crippen molar-refractivity contribution in [3.63, 3.8) is 0 Å². The number of hydrogen-bond acceptors (Lipinski definition) is 3. The fraction of sp³-hybridized carbons (Fsp3) is 0.571. The average molecular weight is 282 g/mol.